The lowest BCUT2D eigenvalue weighted by Crippen LogP contribution is -2.54. The second kappa shape index (κ2) is 4.09. The minimum Gasteiger partial charge on any atom is -0.296 e. The summed E-state index contributed by atoms with van der Waals surface area (Å²) in [5.41, 5.74) is 0.132. The molecule has 0 N–H and O–H groups in total. The summed E-state index contributed by atoms with van der Waals surface area (Å²) < 4.78 is 11.4. The normalized spacial score (nSPS) is 29.5. The zero-order chi connectivity index (χ0) is 10.1. The van der Waals surface area contributed by atoms with Crippen molar-refractivity contribution in [3.63, 3.8) is 0 Å². The molecule has 1 aliphatic rings. The Morgan fingerprint density at radius 2 is 2.08 bits per heavy atom. The highest BCUT2D eigenvalue weighted by atomic mass is 32.2. The molecule has 1 saturated heterocycles. The quantitative estimate of drug-likeness (QED) is 0.677. The summed E-state index contributed by atoms with van der Waals surface area (Å²) in [5.74, 6) is 2.39. The molecule has 1 aliphatic heterocycles. The van der Waals surface area contributed by atoms with Crippen LogP contribution in [0.25, 0.3) is 0 Å². The predicted octanol–water partition coefficient (Wildman–Crippen LogP) is 1.49. The van der Waals surface area contributed by atoms with Crippen LogP contribution in [-0.4, -0.2) is 39.2 Å². The van der Waals surface area contributed by atoms with Crippen LogP contribution in [-0.2, 0) is 10.8 Å². The summed E-state index contributed by atoms with van der Waals surface area (Å²) in [5, 5.41) is 0. The summed E-state index contributed by atoms with van der Waals surface area (Å²) in [6, 6.07) is 0. The average molecular weight is 203 g/mol. The van der Waals surface area contributed by atoms with Crippen LogP contribution in [0.1, 0.15) is 27.7 Å². The van der Waals surface area contributed by atoms with E-state index in [2.05, 4.69) is 32.6 Å². The van der Waals surface area contributed by atoms with Crippen molar-refractivity contribution >= 4 is 10.8 Å². The van der Waals surface area contributed by atoms with E-state index in [1.807, 2.05) is 0 Å². The molecular formula is C10H21NOS. The van der Waals surface area contributed by atoms with E-state index in [9.17, 15) is 4.21 Å². The van der Waals surface area contributed by atoms with E-state index < -0.39 is 10.8 Å². The molecule has 1 fully saturated rings. The fourth-order valence-electron chi connectivity index (χ4n) is 1.85. The smallest absolute Gasteiger partial charge is 0.0414 e. The van der Waals surface area contributed by atoms with Crippen LogP contribution in [0, 0.1) is 5.92 Å². The van der Waals surface area contributed by atoms with Crippen molar-refractivity contribution in [1.82, 2.24) is 4.90 Å². The maximum absolute atomic E-state index is 11.4. The minimum absolute atomic E-state index is 0.132. The topological polar surface area (TPSA) is 20.3 Å². The Bertz CT molecular complexity index is 201. The van der Waals surface area contributed by atoms with Crippen LogP contribution < -0.4 is 0 Å². The highest BCUT2D eigenvalue weighted by Crippen LogP contribution is 2.21. The molecule has 1 rings (SSSR count). The molecule has 1 atom stereocenters. The van der Waals surface area contributed by atoms with E-state index in [0.717, 1.165) is 24.6 Å². The van der Waals surface area contributed by atoms with E-state index >= 15 is 0 Å². The van der Waals surface area contributed by atoms with Crippen LogP contribution in [0.2, 0.25) is 0 Å². The monoisotopic (exact) mass is 203 g/mol. The first-order valence-electron chi connectivity index (χ1n) is 5.02. The Kier molecular flexibility index (Phi) is 3.52. The van der Waals surface area contributed by atoms with Gasteiger partial charge in [0.1, 0.15) is 0 Å². The summed E-state index contributed by atoms with van der Waals surface area (Å²) >= 11 is 0. The van der Waals surface area contributed by atoms with E-state index in [-0.39, 0.29) is 5.54 Å². The standard InChI is InChI=1S/C10H21NOS/c1-9(2)7-11-5-6-13(12)8-10(11,3)4/h9H,5-8H2,1-4H3. The van der Waals surface area contributed by atoms with Crippen LogP contribution >= 0.6 is 0 Å². The van der Waals surface area contributed by atoms with Crippen molar-refractivity contribution in [1.29, 1.82) is 0 Å². The fourth-order valence-corrected chi connectivity index (χ4v) is 3.39. The maximum atomic E-state index is 11.4. The first kappa shape index (κ1) is 11.2. The number of rotatable bonds is 2. The van der Waals surface area contributed by atoms with Crippen molar-refractivity contribution in [2.45, 2.75) is 33.2 Å². The van der Waals surface area contributed by atoms with Crippen molar-refractivity contribution in [2.24, 2.45) is 5.92 Å². The SMILES string of the molecule is CC(C)CN1CCS(=O)CC1(C)C. The molecule has 0 spiro atoms. The van der Waals surface area contributed by atoms with Gasteiger partial charge < -0.3 is 0 Å². The highest BCUT2D eigenvalue weighted by Gasteiger charge is 2.33. The first-order chi connectivity index (χ1) is 5.92. The van der Waals surface area contributed by atoms with Gasteiger partial charge in [-0.3, -0.25) is 9.11 Å². The van der Waals surface area contributed by atoms with Gasteiger partial charge in [0.25, 0.3) is 0 Å². The second-order valence-electron chi connectivity index (χ2n) is 4.94. The van der Waals surface area contributed by atoms with Crippen molar-refractivity contribution in [2.75, 3.05) is 24.6 Å². The van der Waals surface area contributed by atoms with Gasteiger partial charge in [-0.2, -0.15) is 0 Å². The lowest BCUT2D eigenvalue weighted by Gasteiger charge is -2.42. The third-order valence-corrected chi connectivity index (χ3v) is 4.21. The van der Waals surface area contributed by atoms with Gasteiger partial charge in [-0.15, -0.1) is 0 Å². The molecule has 1 heterocycles. The Morgan fingerprint density at radius 1 is 1.46 bits per heavy atom. The average Bonchev–Trinajstić information content (AvgIpc) is 1.93. The molecule has 0 amide bonds. The Labute approximate surface area is 84.2 Å². The molecule has 0 saturated carbocycles. The summed E-state index contributed by atoms with van der Waals surface area (Å²) in [6.45, 7) is 11.0. The molecule has 0 aromatic rings. The lowest BCUT2D eigenvalue weighted by atomic mass is 10.0. The summed E-state index contributed by atoms with van der Waals surface area (Å²) in [6.07, 6.45) is 0. The van der Waals surface area contributed by atoms with Crippen molar-refractivity contribution < 1.29 is 4.21 Å². The molecular weight excluding hydrogens is 182 g/mol. The predicted molar refractivity (Wildman–Crippen MR) is 58.4 cm³/mol. The van der Waals surface area contributed by atoms with Crippen molar-refractivity contribution in [3.8, 4) is 0 Å². The third kappa shape index (κ3) is 3.06. The number of hydrogen-bond acceptors (Lipinski definition) is 2. The Hall–Kier alpha value is 0.110. The molecule has 0 aromatic carbocycles. The second-order valence-corrected chi connectivity index (χ2v) is 6.52. The molecule has 0 bridgehead atoms. The summed E-state index contributed by atoms with van der Waals surface area (Å²) in [7, 11) is -0.587. The fraction of sp³-hybridized carbons (Fsp3) is 1.00. The highest BCUT2D eigenvalue weighted by molar-refractivity contribution is 7.85. The lowest BCUT2D eigenvalue weighted by molar-refractivity contribution is 0.125. The van der Waals surface area contributed by atoms with E-state index in [1.165, 1.54) is 0 Å². The van der Waals surface area contributed by atoms with Gasteiger partial charge in [-0.05, 0) is 19.8 Å². The molecule has 3 heteroatoms. The zero-order valence-corrected chi connectivity index (χ0v) is 9.99. The molecule has 0 aromatic heterocycles. The first-order valence-corrected chi connectivity index (χ1v) is 6.50. The van der Waals surface area contributed by atoms with Gasteiger partial charge in [-0.1, -0.05) is 13.8 Å². The number of hydrogen-bond donors (Lipinski definition) is 0. The van der Waals surface area contributed by atoms with Crippen molar-refractivity contribution in [3.05, 3.63) is 0 Å². The third-order valence-electron chi connectivity index (χ3n) is 2.54. The molecule has 2 nitrogen and oxygen atoms in total. The van der Waals surface area contributed by atoms with Crippen LogP contribution in [0.5, 0.6) is 0 Å². The Morgan fingerprint density at radius 3 is 2.54 bits per heavy atom. The minimum atomic E-state index is -0.587. The zero-order valence-electron chi connectivity index (χ0n) is 9.17. The van der Waals surface area contributed by atoms with Gasteiger partial charge in [0.2, 0.25) is 0 Å². The van der Waals surface area contributed by atoms with Crippen LogP contribution in [0.4, 0.5) is 0 Å². The van der Waals surface area contributed by atoms with Gasteiger partial charge in [0.15, 0.2) is 0 Å². The van der Waals surface area contributed by atoms with Gasteiger partial charge in [0, 0.05) is 40.9 Å². The molecule has 1 unspecified atom stereocenters. The molecule has 78 valence electrons. The van der Waals surface area contributed by atoms with E-state index in [4.69, 9.17) is 0 Å². The van der Waals surface area contributed by atoms with Gasteiger partial charge >= 0.3 is 0 Å². The summed E-state index contributed by atoms with van der Waals surface area (Å²) in [4.78, 5) is 2.47. The van der Waals surface area contributed by atoms with E-state index in [1.54, 1.807) is 0 Å². The van der Waals surface area contributed by atoms with Gasteiger partial charge in [-0.25, -0.2) is 0 Å². The number of nitrogens with zero attached hydrogens (tertiary/aromatic N) is 1. The van der Waals surface area contributed by atoms with Gasteiger partial charge in [0.05, 0.1) is 0 Å². The largest absolute Gasteiger partial charge is 0.296 e. The molecule has 0 radical (unpaired) electrons. The van der Waals surface area contributed by atoms with Crippen LogP contribution in [0.3, 0.4) is 0 Å². The van der Waals surface area contributed by atoms with E-state index in [0.29, 0.717) is 5.92 Å². The van der Waals surface area contributed by atoms with Crippen LogP contribution in [0.15, 0.2) is 0 Å². The molecule has 13 heavy (non-hydrogen) atoms. The maximum Gasteiger partial charge on any atom is 0.0414 e. The Balaban J connectivity index is 2.59. The molecule has 0 aliphatic carbocycles.